The molecule has 0 radical (unpaired) electrons. The number of nitrogens with zero attached hydrogens (tertiary/aromatic N) is 1. The average Bonchev–Trinajstić information content (AvgIpc) is 2.97. The van der Waals surface area contributed by atoms with Crippen LogP contribution in [0.15, 0.2) is 0 Å². The second-order valence-corrected chi connectivity index (χ2v) is 11.9. The van der Waals surface area contributed by atoms with E-state index in [9.17, 15) is 14.4 Å². The van der Waals surface area contributed by atoms with Gasteiger partial charge in [0.1, 0.15) is 17.8 Å². The Hall–Kier alpha value is -2.71. The summed E-state index contributed by atoms with van der Waals surface area (Å²) < 4.78 is 48.5. The van der Waals surface area contributed by atoms with Crippen molar-refractivity contribution in [3.05, 3.63) is 0 Å². The number of nitrogens with one attached hydrogen (secondary N) is 2. The molecule has 47 heavy (non-hydrogen) atoms. The summed E-state index contributed by atoms with van der Waals surface area (Å²) in [6.07, 6.45) is 4.28. The van der Waals surface area contributed by atoms with Crippen molar-refractivity contribution in [3.63, 3.8) is 0 Å². The average molecular weight is 678 g/mol. The van der Waals surface area contributed by atoms with Gasteiger partial charge in [0, 0.05) is 26.2 Å². The highest BCUT2D eigenvalue weighted by Crippen LogP contribution is 2.07. The third kappa shape index (κ3) is 33.0. The van der Waals surface area contributed by atoms with Gasteiger partial charge in [-0.3, -0.25) is 4.79 Å². The van der Waals surface area contributed by atoms with Gasteiger partial charge in [0.15, 0.2) is 0 Å². The zero-order chi connectivity index (χ0) is 35.2. The monoisotopic (exact) mass is 677 g/mol. The van der Waals surface area contributed by atoms with Crippen LogP contribution in [-0.4, -0.2) is 153 Å². The highest BCUT2D eigenvalue weighted by molar-refractivity contribution is 5.76. The van der Waals surface area contributed by atoms with Gasteiger partial charge >= 0.3 is 12.2 Å². The van der Waals surface area contributed by atoms with Crippen molar-refractivity contribution in [3.8, 4) is 12.3 Å². The lowest BCUT2D eigenvalue weighted by molar-refractivity contribution is -0.134. The van der Waals surface area contributed by atoms with E-state index in [2.05, 4.69) is 16.6 Å². The van der Waals surface area contributed by atoms with Crippen LogP contribution in [0, 0.1) is 12.3 Å². The van der Waals surface area contributed by atoms with Crippen LogP contribution in [0.25, 0.3) is 0 Å². The van der Waals surface area contributed by atoms with Crippen LogP contribution in [0.2, 0.25) is 0 Å². The molecule has 0 spiro atoms. The predicted molar refractivity (Wildman–Crippen MR) is 174 cm³/mol. The first-order valence-corrected chi connectivity index (χ1v) is 16.0. The topological polar surface area (TPSA) is 162 Å². The molecule has 0 atom stereocenters. The third-order valence-electron chi connectivity index (χ3n) is 5.33. The maximum absolute atomic E-state index is 12.9. The smallest absolute Gasteiger partial charge is 0.407 e. The molecule has 0 aromatic heterocycles. The summed E-state index contributed by atoms with van der Waals surface area (Å²) in [5.41, 5.74) is -1.14. The minimum absolute atomic E-state index is 0.102. The maximum atomic E-state index is 12.9. The molecule has 3 amide bonds. The molecule has 0 saturated carbocycles. The molecular formula is C32H59N3O12. The lowest BCUT2D eigenvalue weighted by atomic mass is 10.2. The Labute approximate surface area is 280 Å². The number of amides is 3. The van der Waals surface area contributed by atoms with Crippen LogP contribution in [0.5, 0.6) is 0 Å². The van der Waals surface area contributed by atoms with Gasteiger partial charge in [0.25, 0.3) is 0 Å². The Morgan fingerprint density at radius 3 is 1.34 bits per heavy atom. The summed E-state index contributed by atoms with van der Waals surface area (Å²) in [5, 5.41) is 5.25. The van der Waals surface area contributed by atoms with Crippen LogP contribution in [0.3, 0.4) is 0 Å². The van der Waals surface area contributed by atoms with Crippen molar-refractivity contribution in [2.24, 2.45) is 0 Å². The van der Waals surface area contributed by atoms with E-state index in [1.165, 1.54) is 0 Å². The lowest BCUT2D eigenvalue weighted by Crippen LogP contribution is -2.38. The number of terminal acetylenes is 1. The van der Waals surface area contributed by atoms with Gasteiger partial charge in [-0.05, 0) is 41.5 Å². The van der Waals surface area contributed by atoms with Gasteiger partial charge in [-0.2, -0.15) is 0 Å². The van der Waals surface area contributed by atoms with E-state index < -0.39 is 23.4 Å². The van der Waals surface area contributed by atoms with Crippen molar-refractivity contribution in [1.82, 2.24) is 15.5 Å². The zero-order valence-corrected chi connectivity index (χ0v) is 29.4. The van der Waals surface area contributed by atoms with Gasteiger partial charge in [-0.15, -0.1) is 6.42 Å². The molecule has 15 heteroatoms. The Morgan fingerprint density at radius 2 is 0.915 bits per heavy atom. The molecule has 0 aromatic carbocycles. The Kier molecular flexibility index (Phi) is 26.7. The fraction of sp³-hybridized carbons (Fsp3) is 0.844. The van der Waals surface area contributed by atoms with Crippen LogP contribution >= 0.6 is 0 Å². The number of hydrogen-bond acceptors (Lipinski definition) is 12. The van der Waals surface area contributed by atoms with Gasteiger partial charge in [-0.25, -0.2) is 9.59 Å². The predicted octanol–water partition coefficient (Wildman–Crippen LogP) is 2.00. The molecule has 0 aromatic rings. The molecule has 0 bridgehead atoms. The van der Waals surface area contributed by atoms with Crippen LogP contribution in [0.4, 0.5) is 9.59 Å². The number of ether oxygens (including phenoxy) is 9. The van der Waals surface area contributed by atoms with Crippen molar-refractivity contribution >= 4 is 18.1 Å². The van der Waals surface area contributed by atoms with Crippen molar-refractivity contribution in [2.45, 2.75) is 59.2 Å². The van der Waals surface area contributed by atoms with Gasteiger partial charge in [0.2, 0.25) is 5.91 Å². The molecule has 0 saturated heterocycles. The second-order valence-electron chi connectivity index (χ2n) is 11.9. The molecule has 274 valence electrons. The minimum Gasteiger partial charge on any atom is -0.444 e. The van der Waals surface area contributed by atoms with Gasteiger partial charge < -0.3 is 58.2 Å². The SMILES string of the molecule is C#CCOCCOCCOCCOCCC(=O)N(CCOCCNC(=O)OC(C)(C)C)CCOCCOCCNC(=O)OC(C)(C)C. The number of carbonyl (C=O) groups is 3. The molecule has 0 aliphatic heterocycles. The van der Waals surface area contributed by atoms with E-state index in [-0.39, 0.29) is 45.3 Å². The summed E-state index contributed by atoms with van der Waals surface area (Å²) in [4.78, 5) is 37.9. The normalized spacial score (nSPS) is 11.5. The molecular weight excluding hydrogens is 618 g/mol. The molecule has 0 fully saturated rings. The van der Waals surface area contributed by atoms with E-state index in [0.29, 0.717) is 85.7 Å². The molecule has 15 nitrogen and oxygen atoms in total. The Morgan fingerprint density at radius 1 is 0.553 bits per heavy atom. The summed E-state index contributed by atoms with van der Waals surface area (Å²) in [6, 6.07) is 0. The van der Waals surface area contributed by atoms with Crippen LogP contribution < -0.4 is 10.6 Å². The van der Waals surface area contributed by atoms with Crippen LogP contribution in [0.1, 0.15) is 48.0 Å². The van der Waals surface area contributed by atoms with Crippen molar-refractivity contribution in [1.29, 1.82) is 0 Å². The zero-order valence-electron chi connectivity index (χ0n) is 29.4. The molecule has 0 rings (SSSR count). The quantitative estimate of drug-likeness (QED) is 0.0917. The minimum atomic E-state index is -0.580. The molecule has 0 heterocycles. The number of alkyl carbamates (subject to hydrolysis) is 2. The largest absolute Gasteiger partial charge is 0.444 e. The third-order valence-corrected chi connectivity index (χ3v) is 5.33. The van der Waals surface area contributed by atoms with Crippen LogP contribution in [-0.2, 0) is 47.4 Å². The number of carbonyl (C=O) groups excluding carboxylic acids is 3. The maximum Gasteiger partial charge on any atom is 0.407 e. The first kappa shape index (κ1) is 44.3. The highest BCUT2D eigenvalue weighted by Gasteiger charge is 2.17. The Bertz CT molecular complexity index is 856. The lowest BCUT2D eigenvalue weighted by Gasteiger charge is -2.23. The van der Waals surface area contributed by atoms with E-state index in [1.54, 1.807) is 46.4 Å². The first-order valence-electron chi connectivity index (χ1n) is 16.0. The molecule has 2 N–H and O–H groups in total. The number of hydrogen-bond donors (Lipinski definition) is 2. The Balaban J connectivity index is 4.26. The van der Waals surface area contributed by atoms with Crippen molar-refractivity contribution in [2.75, 3.05) is 119 Å². The first-order chi connectivity index (χ1) is 22.3. The molecule has 0 aliphatic rings. The summed E-state index contributed by atoms with van der Waals surface area (Å²) in [6.45, 7) is 16.9. The summed E-state index contributed by atoms with van der Waals surface area (Å²) in [5.74, 6) is 2.28. The standard InChI is InChI=1S/C32H59N3O12/c1-8-14-39-20-24-44-26-27-45-25-21-40-15-9-28(36)35(12-18-41-16-10-33-29(37)46-31(2,3)4)13-19-43-23-22-42-17-11-34-30(38)47-32(5,6)7/h1H,9-27H2,2-7H3,(H,33,37)(H,34,38). The summed E-state index contributed by atoms with van der Waals surface area (Å²) >= 11 is 0. The highest BCUT2D eigenvalue weighted by atomic mass is 16.6. The van der Waals surface area contributed by atoms with E-state index in [4.69, 9.17) is 49.1 Å². The van der Waals surface area contributed by atoms with E-state index in [1.807, 2.05) is 0 Å². The molecule has 0 aliphatic carbocycles. The van der Waals surface area contributed by atoms with Gasteiger partial charge in [-0.1, -0.05) is 5.92 Å². The van der Waals surface area contributed by atoms with Crippen molar-refractivity contribution < 1.29 is 57.0 Å². The second kappa shape index (κ2) is 28.3. The fourth-order valence-electron chi connectivity index (χ4n) is 3.32. The summed E-state index contributed by atoms with van der Waals surface area (Å²) in [7, 11) is 0. The van der Waals surface area contributed by atoms with E-state index >= 15 is 0 Å². The van der Waals surface area contributed by atoms with E-state index in [0.717, 1.165) is 0 Å². The fourth-order valence-corrected chi connectivity index (χ4v) is 3.32. The number of rotatable bonds is 28. The van der Waals surface area contributed by atoms with Gasteiger partial charge in [0.05, 0.1) is 92.3 Å². The molecule has 0 unspecified atom stereocenters.